The van der Waals surface area contributed by atoms with Crippen molar-refractivity contribution in [3.63, 3.8) is 0 Å². The predicted octanol–water partition coefficient (Wildman–Crippen LogP) is 4.08. The molecule has 49 heavy (non-hydrogen) atoms. The fourth-order valence-electron chi connectivity index (χ4n) is 6.19. The second-order valence-corrected chi connectivity index (χ2v) is 15.4. The molecule has 1 N–H and O–H groups in total. The minimum Gasteiger partial charge on any atom is -0.387 e. The van der Waals surface area contributed by atoms with Crippen molar-refractivity contribution in [1.29, 1.82) is 0 Å². The maximum absolute atomic E-state index is 13.8. The largest absolute Gasteiger partial charge is 0.387 e. The summed E-state index contributed by atoms with van der Waals surface area (Å²) in [6.45, 7) is -1.27. The summed E-state index contributed by atoms with van der Waals surface area (Å²) in [6, 6.07) is 23.0. The first-order chi connectivity index (χ1) is 23.3. The molecule has 7 atom stereocenters. The van der Waals surface area contributed by atoms with E-state index in [0.29, 0.717) is 22.1 Å². The Hall–Kier alpha value is -4.00. The summed E-state index contributed by atoms with van der Waals surface area (Å²) in [5.41, 5.74) is 2.82. The van der Waals surface area contributed by atoms with E-state index in [1.165, 1.54) is 30.3 Å². The van der Waals surface area contributed by atoms with E-state index < -0.39 is 63.3 Å². The van der Waals surface area contributed by atoms with Crippen molar-refractivity contribution in [1.82, 2.24) is 0 Å². The number of rotatable bonds is 10. The Labute approximate surface area is 283 Å². The summed E-state index contributed by atoms with van der Waals surface area (Å²) in [6.07, 6.45) is -8.09. The van der Waals surface area contributed by atoms with Crippen LogP contribution in [0.1, 0.15) is 0 Å². The molecule has 0 amide bonds. The lowest BCUT2D eigenvalue weighted by Crippen LogP contribution is -2.76. The topological polar surface area (TPSA) is 166 Å². The average molecular weight is 711 g/mol. The smallest absolute Gasteiger partial charge is 0.298 e. The lowest BCUT2D eigenvalue weighted by Gasteiger charge is -2.56. The van der Waals surface area contributed by atoms with E-state index in [0.717, 1.165) is 11.4 Å². The first kappa shape index (κ1) is 33.5. The van der Waals surface area contributed by atoms with Crippen LogP contribution in [-0.4, -0.2) is 93.2 Å². The zero-order valence-corrected chi connectivity index (χ0v) is 28.5. The molecule has 4 aromatic carbocycles. The van der Waals surface area contributed by atoms with Crippen molar-refractivity contribution in [3.8, 4) is 0 Å². The van der Waals surface area contributed by atoms with Gasteiger partial charge in [0, 0.05) is 50.3 Å². The Bertz CT molecular complexity index is 2110. The van der Waals surface area contributed by atoms with E-state index in [4.69, 9.17) is 22.6 Å². The lowest BCUT2D eigenvalue weighted by atomic mass is 9.83. The summed E-state index contributed by atoms with van der Waals surface area (Å²) in [4.78, 5) is 3.50. The second-order valence-electron chi connectivity index (χ2n) is 12.2. The van der Waals surface area contributed by atoms with Crippen LogP contribution < -0.4 is 9.80 Å². The fourth-order valence-corrected chi connectivity index (χ4v) is 8.59. The molecule has 258 valence electrons. The molecule has 3 aliphatic heterocycles. The van der Waals surface area contributed by atoms with Gasteiger partial charge >= 0.3 is 0 Å². The summed E-state index contributed by atoms with van der Waals surface area (Å²) in [5.74, 6) is 0. The monoisotopic (exact) mass is 710 g/mol. The van der Waals surface area contributed by atoms with Gasteiger partial charge < -0.3 is 29.1 Å². The third-order valence-corrected chi connectivity index (χ3v) is 11.3. The van der Waals surface area contributed by atoms with Crippen LogP contribution in [0.25, 0.3) is 10.8 Å². The van der Waals surface area contributed by atoms with Gasteiger partial charge in [-0.2, -0.15) is 27.1 Å². The third-order valence-electron chi connectivity index (χ3n) is 8.63. The lowest BCUT2D eigenvalue weighted by molar-refractivity contribution is -0.476. The molecular formula is C33H34N4O10S2. The maximum atomic E-state index is 13.8. The van der Waals surface area contributed by atoms with Crippen molar-refractivity contribution in [2.45, 2.75) is 52.9 Å². The predicted molar refractivity (Wildman–Crippen MR) is 178 cm³/mol. The molecule has 1 aliphatic carbocycles. The summed E-state index contributed by atoms with van der Waals surface area (Å²) in [5, 5.41) is 20.6. The molecule has 3 saturated heterocycles. The molecule has 0 aromatic heterocycles. The van der Waals surface area contributed by atoms with Crippen molar-refractivity contribution in [3.05, 3.63) is 84.9 Å². The standard InChI is InChI=1S/C33H34N4O10S2/c1-36(2)21-15-11-19(12-16-21)34-35-20-13-17-22(18-14-20)48(39,40)46-31-28-27(38)29-32(30(31)45-33(43-28)44-29)47-49(41,42)26-10-6-7-23-24(26)8-5-9-25(23)37(3)4/h5-18,27-33,38H,1-4H3/t27?,28-,29+,30-,31?,32?,33+/m0/s1. The van der Waals surface area contributed by atoms with Crippen molar-refractivity contribution < 1.29 is 44.5 Å². The first-order valence-electron chi connectivity index (χ1n) is 15.3. The normalized spacial score (nSPS) is 26.4. The van der Waals surface area contributed by atoms with Gasteiger partial charge in [-0.1, -0.05) is 24.3 Å². The van der Waals surface area contributed by atoms with Crippen LogP contribution in [0.5, 0.6) is 0 Å². The Morgan fingerprint density at radius 1 is 0.633 bits per heavy atom. The van der Waals surface area contributed by atoms with Gasteiger partial charge in [0.2, 0.25) is 0 Å². The SMILES string of the molecule is CN(C)c1ccc(N=Nc2ccc(S(=O)(=O)OC3[C@@H]4O[C@H]5O[C@H](C(O)[C@@H]3O5)C4OS(=O)(=O)c3cccc4c(N(C)C)cccc34)cc2)cc1. The number of ether oxygens (including phenoxy) is 3. The average Bonchev–Trinajstić information content (AvgIpc) is 3.08. The number of azo groups is 1. The minimum absolute atomic E-state index is 0.110. The molecule has 4 fully saturated rings. The number of fused-ring (bicyclic) bond motifs is 1. The molecular weight excluding hydrogens is 677 g/mol. The van der Waals surface area contributed by atoms with Crippen LogP contribution in [-0.2, 0) is 42.8 Å². The molecule has 3 heterocycles. The highest BCUT2D eigenvalue weighted by molar-refractivity contribution is 7.87. The van der Waals surface area contributed by atoms with E-state index in [-0.39, 0.29) is 9.79 Å². The molecule has 8 rings (SSSR count). The van der Waals surface area contributed by atoms with E-state index in [2.05, 4.69) is 10.2 Å². The molecule has 4 aliphatic rings. The van der Waals surface area contributed by atoms with Crippen LogP contribution >= 0.6 is 0 Å². The van der Waals surface area contributed by atoms with Gasteiger partial charge in [0.25, 0.3) is 26.7 Å². The van der Waals surface area contributed by atoms with Crippen LogP contribution in [0.15, 0.2) is 105 Å². The highest BCUT2D eigenvalue weighted by Crippen LogP contribution is 2.44. The third kappa shape index (κ3) is 6.30. The summed E-state index contributed by atoms with van der Waals surface area (Å²) >= 11 is 0. The van der Waals surface area contributed by atoms with Crippen molar-refractivity contribution >= 4 is 53.8 Å². The van der Waals surface area contributed by atoms with E-state index >= 15 is 0 Å². The van der Waals surface area contributed by atoms with Crippen LogP contribution in [0, 0.1) is 0 Å². The molecule has 16 heteroatoms. The van der Waals surface area contributed by atoms with Crippen molar-refractivity contribution in [2.24, 2.45) is 10.2 Å². The Kier molecular flexibility index (Phi) is 8.69. The molecule has 0 radical (unpaired) electrons. The Balaban J connectivity index is 1.12. The van der Waals surface area contributed by atoms with Gasteiger partial charge in [0.05, 0.1) is 16.3 Å². The van der Waals surface area contributed by atoms with Crippen LogP contribution in [0.3, 0.4) is 0 Å². The van der Waals surface area contributed by atoms with Crippen LogP contribution in [0.4, 0.5) is 22.7 Å². The maximum Gasteiger partial charge on any atom is 0.298 e. The number of hydrogen-bond acceptors (Lipinski definition) is 14. The summed E-state index contributed by atoms with van der Waals surface area (Å²) in [7, 11) is -1.44. The van der Waals surface area contributed by atoms with E-state index in [1.807, 2.05) is 68.3 Å². The van der Waals surface area contributed by atoms with Gasteiger partial charge in [-0.25, -0.2) is 0 Å². The summed E-state index contributed by atoms with van der Waals surface area (Å²) < 4.78 is 82.9. The number of benzene rings is 4. The molecule has 3 unspecified atom stereocenters. The van der Waals surface area contributed by atoms with E-state index in [1.54, 1.807) is 24.3 Å². The van der Waals surface area contributed by atoms with Gasteiger partial charge in [0.15, 0.2) is 0 Å². The minimum atomic E-state index is -4.51. The number of anilines is 2. The van der Waals surface area contributed by atoms with Gasteiger partial charge in [-0.05, 0) is 60.7 Å². The second kappa shape index (κ2) is 12.7. The number of hydrogen-bond donors (Lipinski definition) is 1. The molecule has 0 spiro atoms. The first-order valence-corrected chi connectivity index (χ1v) is 18.1. The molecule has 14 nitrogen and oxygen atoms in total. The van der Waals surface area contributed by atoms with Crippen molar-refractivity contribution in [2.75, 3.05) is 38.0 Å². The fraction of sp³-hybridized carbons (Fsp3) is 0.333. The van der Waals surface area contributed by atoms with E-state index in [9.17, 15) is 21.9 Å². The molecule has 4 aromatic rings. The van der Waals surface area contributed by atoms with Gasteiger partial charge in [-0.3, -0.25) is 8.37 Å². The molecule has 1 saturated carbocycles. The van der Waals surface area contributed by atoms with Gasteiger partial charge in [-0.15, -0.1) is 0 Å². The number of nitrogens with zero attached hydrogens (tertiary/aromatic N) is 4. The highest BCUT2D eigenvalue weighted by atomic mass is 32.2. The quantitative estimate of drug-likeness (QED) is 0.186. The molecule has 4 bridgehead atoms. The van der Waals surface area contributed by atoms with Gasteiger partial charge in [0.1, 0.15) is 41.5 Å². The Morgan fingerprint density at radius 2 is 1.16 bits per heavy atom. The number of aliphatic hydroxyl groups is 1. The van der Waals surface area contributed by atoms with Crippen LogP contribution in [0.2, 0.25) is 0 Å². The Morgan fingerprint density at radius 3 is 1.76 bits per heavy atom. The zero-order valence-electron chi connectivity index (χ0n) is 26.9. The zero-order chi connectivity index (χ0) is 34.7. The highest BCUT2D eigenvalue weighted by Gasteiger charge is 2.64. The number of aliphatic hydroxyl groups excluding tert-OH is 1.